The number of hydrogen-bond acceptors (Lipinski definition) is 22. The highest BCUT2D eigenvalue weighted by atomic mass is 28.6. The van der Waals surface area contributed by atoms with Crippen molar-refractivity contribution in [3.63, 3.8) is 0 Å². The second kappa shape index (κ2) is 31.4. The summed E-state index contributed by atoms with van der Waals surface area (Å²) >= 11 is 0. The molecule has 120 heavy (non-hydrogen) atoms. The molecule has 0 radical (unpaired) electrons. The molecule has 12 atom stereocenters. The number of fused-ring (bicyclic) bond motifs is 8. The van der Waals surface area contributed by atoms with E-state index in [1.807, 2.05) is 243 Å². The Hall–Kier alpha value is -4.08. The van der Waals surface area contributed by atoms with Crippen LogP contribution in [0.5, 0.6) is 0 Å². The zero-order valence-corrected chi connectivity index (χ0v) is 83.3. The van der Waals surface area contributed by atoms with Crippen LogP contribution < -0.4 is 41.5 Å². The number of epoxide rings is 4. The first-order valence-corrected chi connectivity index (χ1v) is 73.0. The lowest BCUT2D eigenvalue weighted by atomic mass is 9.91. The van der Waals surface area contributed by atoms with Gasteiger partial charge in [0.15, 0.2) is 33.3 Å². The Morgan fingerprint density at radius 2 is 0.358 bits per heavy atom. The van der Waals surface area contributed by atoms with E-state index < -0.39 is 122 Å². The van der Waals surface area contributed by atoms with Crippen LogP contribution in [-0.2, 0) is 93.0 Å². The van der Waals surface area contributed by atoms with Gasteiger partial charge in [-0.15, -0.1) is 0 Å². The Balaban J connectivity index is 0.929. The van der Waals surface area contributed by atoms with Crippen molar-refractivity contribution in [2.24, 2.45) is 23.7 Å². The highest BCUT2D eigenvalue weighted by Gasteiger charge is 2.87. The van der Waals surface area contributed by atoms with Crippen molar-refractivity contribution < 1.29 is 93.0 Å². The highest BCUT2D eigenvalue weighted by Crippen LogP contribution is 2.54. The Bertz CT molecular complexity index is 4330. The molecule has 0 amide bonds. The van der Waals surface area contributed by atoms with Gasteiger partial charge >= 0.3 is 88.5 Å². The van der Waals surface area contributed by atoms with Crippen molar-refractivity contribution in [3.8, 4) is 0 Å². The molecule has 4 saturated carbocycles. The Labute approximate surface area is 719 Å². The summed E-state index contributed by atoms with van der Waals surface area (Å²) in [7, 11) is -69.5. The summed E-state index contributed by atoms with van der Waals surface area (Å²) in [4.78, 5) is 0. The summed E-state index contributed by atoms with van der Waals surface area (Å²) in [5, 5.41) is 3.60. The van der Waals surface area contributed by atoms with Gasteiger partial charge in [-0.25, -0.2) is 0 Å². The average Bonchev–Trinajstić information content (AvgIpc) is 0.957. The van der Waals surface area contributed by atoms with Gasteiger partial charge in [0.1, 0.15) is 0 Å². The van der Waals surface area contributed by atoms with Crippen LogP contribution in [0.1, 0.15) is 77.0 Å². The van der Waals surface area contributed by atoms with Crippen molar-refractivity contribution in [1.82, 2.24) is 0 Å². The third-order valence-electron chi connectivity index (χ3n) is 25.9. The molecule has 0 spiro atoms. The predicted octanol–water partition coefficient (Wildman–Crippen LogP) is 11.1. The monoisotopic (exact) mass is 1860 g/mol. The molecule has 22 rings (SSSR count). The number of benzene rings is 8. The van der Waals surface area contributed by atoms with Gasteiger partial charge in [0, 0.05) is 41.5 Å². The van der Waals surface area contributed by atoms with Crippen LogP contribution in [0.3, 0.4) is 0 Å². The third-order valence-corrected chi connectivity index (χ3v) is 83.1. The lowest BCUT2D eigenvalue weighted by molar-refractivity contribution is -0.00681. The summed E-state index contributed by atoms with van der Waals surface area (Å²) in [5.74, 6) is 0.899. The fourth-order valence-corrected chi connectivity index (χ4v) is 95.0. The molecule has 22 nitrogen and oxygen atoms in total. The van der Waals surface area contributed by atoms with Gasteiger partial charge in [0.05, 0.1) is 48.8 Å². The molecule has 12 unspecified atom stereocenters. The lowest BCUT2D eigenvalue weighted by Crippen LogP contribution is -2.94. The number of ether oxygens (including phenoxy) is 4. The first kappa shape index (κ1) is 82.9. The molecule has 14 fully saturated rings. The lowest BCUT2D eigenvalue weighted by Gasteiger charge is -2.61. The fourth-order valence-electron chi connectivity index (χ4n) is 20.7. The van der Waals surface area contributed by atoms with E-state index in [0.717, 1.165) is 77.0 Å². The van der Waals surface area contributed by atoms with Crippen LogP contribution in [0.25, 0.3) is 0 Å². The van der Waals surface area contributed by atoms with E-state index in [1.54, 1.807) is 0 Å². The van der Waals surface area contributed by atoms with E-state index in [0.29, 0.717) is 65.7 Å². The van der Waals surface area contributed by atoms with Gasteiger partial charge in [0.2, 0.25) is 0 Å². The molecule has 10 heterocycles. The van der Waals surface area contributed by atoms with Crippen molar-refractivity contribution in [2.45, 2.75) is 202 Å². The Kier molecular flexibility index (Phi) is 21.7. The van der Waals surface area contributed by atoms with Gasteiger partial charge in [-0.2, -0.15) is 0 Å². The molecular formula is C84H108O22Si14. The van der Waals surface area contributed by atoms with Crippen molar-refractivity contribution >= 4 is 163 Å². The molecular weight excluding hydrogens is 1750 g/mol. The number of rotatable bonds is 24. The van der Waals surface area contributed by atoms with E-state index in [1.165, 1.54) is 0 Å². The van der Waals surface area contributed by atoms with E-state index in [-0.39, 0.29) is 72.5 Å². The van der Waals surface area contributed by atoms with Crippen LogP contribution in [0, 0.1) is 23.7 Å². The highest BCUT2D eigenvalue weighted by molar-refractivity contribution is 7.13. The first-order valence-electron chi connectivity index (χ1n) is 43.4. The molecule has 632 valence electrons. The summed E-state index contributed by atoms with van der Waals surface area (Å²) in [6.07, 6.45) is 13.0. The molecule has 36 heteroatoms. The number of hydrogen-bond donors (Lipinski definition) is 0. The molecule has 10 saturated heterocycles. The Morgan fingerprint density at radius 1 is 0.208 bits per heavy atom. The zero-order valence-electron chi connectivity index (χ0n) is 69.3. The molecule has 4 aliphatic carbocycles. The topological polar surface area (TPSA) is 216 Å². The van der Waals surface area contributed by atoms with Crippen molar-refractivity contribution in [2.75, 3.05) is 0 Å². The standard InChI is InChI=1S/C84H108O22Si14/c1-107(2,61-65-49-53-77-81(57-65)85-77)89-119(90-108(3,4)62-66-50-54-78-82(58-66)86-78)103-115(73-41-25-13-26-42-73)95-111(69-33-17-9-18-34-69)93-112(70-35-19-10-20-36-70)96-116(104-119,74-43-27-14-28-44-74)98-114(72-39-23-12-24-40-72)94-113(97-115,71-37-21-11-22-38-71)101-117(99-111,75-45-29-15-30-46-75)105-120(106-118(100-112,102-114)76-47-31-16-32-48-76,91-109(5,6)63-67-51-55-79-83(59-67)87-79)92-110(7,8)64-68-52-56-80-84(60-68)88-80/h9-48,65-68,77-84H,49-64H2,1-8H3. The maximum Gasteiger partial charge on any atom is 0.643 e. The van der Waals surface area contributed by atoms with Crippen molar-refractivity contribution in [1.29, 1.82) is 0 Å². The normalized spacial score (nSPS) is 39.3. The second-order valence-corrected chi connectivity index (χ2v) is 83.6. The first-order chi connectivity index (χ1) is 57.7. The average molecular weight is 1860 g/mol. The maximum atomic E-state index is 9.20. The van der Waals surface area contributed by atoms with Crippen LogP contribution in [0.4, 0.5) is 0 Å². The van der Waals surface area contributed by atoms with Gasteiger partial charge in [-0.1, -0.05) is 243 Å². The molecule has 0 N–H and O–H groups in total. The van der Waals surface area contributed by atoms with Crippen LogP contribution >= 0.6 is 0 Å². The maximum absolute atomic E-state index is 9.20. The largest absolute Gasteiger partial charge is 0.643 e. The minimum atomic E-state index is -5.65. The molecule has 0 aromatic heterocycles. The van der Waals surface area contributed by atoms with Gasteiger partial charge < -0.3 is 93.0 Å². The fraction of sp³-hybridized carbons (Fsp3) is 0.429. The third kappa shape index (κ3) is 16.6. The molecule has 8 aromatic rings. The predicted molar refractivity (Wildman–Crippen MR) is 479 cm³/mol. The molecule has 14 aliphatic rings. The quantitative estimate of drug-likeness (QED) is 0.0406. The summed E-state index contributed by atoms with van der Waals surface area (Å²) in [6, 6.07) is 81.9. The van der Waals surface area contributed by atoms with Gasteiger partial charge in [-0.3, -0.25) is 0 Å². The zero-order chi connectivity index (χ0) is 81.7. The smallest absolute Gasteiger partial charge is 0.395 e. The molecule has 10 aliphatic heterocycles. The van der Waals surface area contributed by atoms with Crippen LogP contribution in [0.15, 0.2) is 243 Å². The second-order valence-electron chi connectivity index (χ2n) is 37.6. The summed E-state index contributed by atoms with van der Waals surface area (Å²) in [5.41, 5.74) is 0. The van der Waals surface area contributed by atoms with E-state index in [4.69, 9.17) is 60.1 Å². The van der Waals surface area contributed by atoms with Gasteiger partial charge in [-0.05, 0) is 177 Å². The molecule has 8 bridgehead atoms. The van der Waals surface area contributed by atoms with Crippen LogP contribution in [0.2, 0.25) is 76.6 Å². The van der Waals surface area contributed by atoms with Crippen molar-refractivity contribution in [3.05, 3.63) is 243 Å². The van der Waals surface area contributed by atoms with Crippen LogP contribution in [-0.4, -0.2) is 171 Å². The minimum absolute atomic E-state index is 0.179. The summed E-state index contributed by atoms with van der Waals surface area (Å²) < 4.78 is 188. The summed E-state index contributed by atoms with van der Waals surface area (Å²) in [6.45, 7) is 18.2. The molecule has 8 aromatic carbocycles. The SMILES string of the molecule is C[Si](C)(CC1CCC2OC2C1)O[Si]1(O[Si](C)(C)CC2CCC3OC3C2)O[Si]2(c3ccccc3)O[Si]3(c4ccccc4)O[Si]4(c5ccccc5)O[Si](O[Si](C)(C)CC5CCC6OC6C5)(O[Si](C)(C)CC5CCC6OC6C5)O[Si]5(c6ccccc6)O[Si](c6ccccc6)(O[Si](c6ccccc6)(O1)O[Si](c1ccccc1)(O5)O[Si](c1ccccc1)(O2)O4)O3. The van der Waals surface area contributed by atoms with E-state index >= 15 is 0 Å². The van der Waals surface area contributed by atoms with Gasteiger partial charge in [0.25, 0.3) is 0 Å². The van der Waals surface area contributed by atoms with E-state index in [2.05, 4.69) is 52.4 Å². The van der Waals surface area contributed by atoms with E-state index in [9.17, 15) is 32.9 Å². The Morgan fingerprint density at radius 3 is 0.508 bits per heavy atom. The minimum Gasteiger partial charge on any atom is -0.395 e.